The molecule has 0 saturated carbocycles. The minimum Gasteiger partial charge on any atom is -0.468 e. The molecule has 79 valence electrons. The van der Waals surface area contributed by atoms with E-state index in [-0.39, 0.29) is 0 Å². The van der Waals surface area contributed by atoms with E-state index in [9.17, 15) is 9.59 Å². The molecule has 0 aliphatic rings. The van der Waals surface area contributed by atoms with Gasteiger partial charge in [-0.1, -0.05) is 0 Å². The van der Waals surface area contributed by atoms with Crippen molar-refractivity contribution in [3.05, 3.63) is 18.2 Å². The normalized spacial score (nSPS) is 11.8. The van der Waals surface area contributed by atoms with E-state index in [0.717, 1.165) is 13.1 Å². The molecule has 1 aromatic heterocycles. The number of aromatic nitrogens is 2. The van der Waals surface area contributed by atoms with Gasteiger partial charge in [0.05, 0.1) is 19.6 Å². The Morgan fingerprint density at radius 1 is 1.87 bits per heavy atom. The first kappa shape index (κ1) is 11.4. The number of nitrogens with one attached hydrogen (secondary N) is 2. The van der Waals surface area contributed by atoms with E-state index in [1.54, 1.807) is 6.20 Å². The predicted molar refractivity (Wildman–Crippen MR) is 53.7 cm³/mol. The van der Waals surface area contributed by atoms with Gasteiger partial charge in [0.25, 0.3) is 7.41 Å². The quantitative estimate of drug-likeness (QED) is 0.352. The fourth-order valence-electron chi connectivity index (χ4n) is 1.12. The maximum atomic E-state index is 11.3. The summed E-state index contributed by atoms with van der Waals surface area (Å²) in [6, 6.07) is -0.583. The molecule has 6 nitrogen and oxygen atoms in total. The van der Waals surface area contributed by atoms with Crippen LogP contribution >= 0.6 is 0 Å². The molecule has 0 aliphatic carbocycles. The number of nitrogens with zero attached hydrogens (tertiary/aromatic N) is 1. The predicted octanol–water partition coefficient (Wildman–Crippen LogP) is -1.11. The number of ether oxygens (including phenoxy) is 1. The molecule has 0 saturated heterocycles. The Bertz CT molecular complexity index is 315. The Morgan fingerprint density at radius 2 is 2.67 bits per heavy atom. The smallest absolute Gasteiger partial charge is 0.322 e. The molecular weight excluding hydrogens is 197 g/mol. The summed E-state index contributed by atoms with van der Waals surface area (Å²) in [6.45, 7) is 0. The lowest BCUT2D eigenvalue weighted by Gasteiger charge is -2.13. The van der Waals surface area contributed by atoms with Gasteiger partial charge in [-0.3, -0.25) is 4.79 Å². The van der Waals surface area contributed by atoms with Crippen molar-refractivity contribution < 1.29 is 14.3 Å². The third kappa shape index (κ3) is 3.55. The van der Waals surface area contributed by atoms with Crippen molar-refractivity contribution in [2.75, 3.05) is 7.11 Å². The minimum absolute atomic E-state index is 0.386. The van der Waals surface area contributed by atoms with Crippen LogP contribution in [0.25, 0.3) is 0 Å². The number of imidazole rings is 1. The van der Waals surface area contributed by atoms with E-state index in [0.29, 0.717) is 12.6 Å². The van der Waals surface area contributed by atoms with Gasteiger partial charge in [-0.25, -0.2) is 4.98 Å². The first-order chi connectivity index (χ1) is 7.27. The summed E-state index contributed by atoms with van der Waals surface area (Å²) in [7, 11) is 2.46. The van der Waals surface area contributed by atoms with Gasteiger partial charge >= 0.3 is 5.97 Å². The number of methoxy groups -OCH3 is 1. The fraction of sp³-hybridized carbons (Fsp3) is 0.375. The summed E-state index contributed by atoms with van der Waals surface area (Å²) in [5.74, 6) is -0.428. The SMILES string of the molecule is COC(=O)C(Cc1cnc[nH]1)N[B]C=O. The third-order valence-electron chi connectivity index (χ3n) is 1.83. The van der Waals surface area contributed by atoms with Gasteiger partial charge in [0.15, 0.2) is 0 Å². The van der Waals surface area contributed by atoms with Gasteiger partial charge in [0.2, 0.25) is 0 Å². The molecule has 0 amide bonds. The molecule has 0 fully saturated rings. The average Bonchev–Trinajstić information content (AvgIpc) is 2.75. The van der Waals surface area contributed by atoms with Crippen LogP contribution in [0.3, 0.4) is 0 Å². The highest BCUT2D eigenvalue weighted by molar-refractivity contribution is 6.64. The lowest BCUT2D eigenvalue weighted by atomic mass is 9.95. The van der Waals surface area contributed by atoms with Crippen LogP contribution in [-0.2, 0) is 20.7 Å². The zero-order valence-electron chi connectivity index (χ0n) is 8.27. The summed E-state index contributed by atoms with van der Waals surface area (Å²) >= 11 is 0. The number of carbonyl (C=O) groups excluding carboxylic acids is 2. The first-order valence-electron chi connectivity index (χ1n) is 4.36. The second-order valence-corrected chi connectivity index (χ2v) is 2.83. The van der Waals surface area contributed by atoms with Gasteiger partial charge in [0.1, 0.15) is 6.04 Å². The van der Waals surface area contributed by atoms with E-state index in [1.807, 2.05) is 0 Å². The molecule has 0 bridgehead atoms. The largest absolute Gasteiger partial charge is 0.468 e. The van der Waals surface area contributed by atoms with Crippen LogP contribution < -0.4 is 5.23 Å². The average molecular weight is 208 g/mol. The Balaban J connectivity index is 2.55. The molecule has 1 aromatic rings. The number of rotatable bonds is 6. The van der Waals surface area contributed by atoms with Crippen LogP contribution in [0.2, 0.25) is 0 Å². The van der Waals surface area contributed by atoms with E-state index >= 15 is 0 Å². The van der Waals surface area contributed by atoms with Crippen LogP contribution in [0.15, 0.2) is 12.5 Å². The van der Waals surface area contributed by atoms with Gasteiger partial charge in [-0.2, -0.15) is 0 Å². The Labute approximate surface area is 87.7 Å². The van der Waals surface area contributed by atoms with Gasteiger partial charge in [-0.05, 0) is 0 Å². The van der Waals surface area contributed by atoms with Crippen LogP contribution in [0.4, 0.5) is 0 Å². The standard InChI is InChI=1S/C8H11BN3O3/c1-15-8(14)7(12-9-4-13)2-6-3-10-5-11-6/h3-5,7,12H,2H2,1H3,(H,10,11). The summed E-state index contributed by atoms with van der Waals surface area (Å²) in [5, 5.41) is 2.64. The van der Waals surface area contributed by atoms with Crippen molar-refractivity contribution in [2.45, 2.75) is 12.5 Å². The molecule has 7 heteroatoms. The highest BCUT2D eigenvalue weighted by Crippen LogP contribution is 1.99. The highest BCUT2D eigenvalue weighted by atomic mass is 16.5. The van der Waals surface area contributed by atoms with E-state index < -0.39 is 12.0 Å². The number of esters is 1. The molecule has 1 atom stereocenters. The van der Waals surface area contributed by atoms with Crippen molar-refractivity contribution in [2.24, 2.45) is 0 Å². The molecule has 0 aliphatic heterocycles. The molecule has 1 heterocycles. The van der Waals surface area contributed by atoms with Crippen molar-refractivity contribution in [1.82, 2.24) is 15.2 Å². The van der Waals surface area contributed by atoms with Gasteiger partial charge < -0.3 is 19.7 Å². The lowest BCUT2D eigenvalue weighted by Crippen LogP contribution is -2.42. The number of hydrogen-bond donors (Lipinski definition) is 2. The van der Waals surface area contributed by atoms with Crippen molar-refractivity contribution in [3.63, 3.8) is 0 Å². The zero-order chi connectivity index (χ0) is 11.1. The zero-order valence-corrected chi connectivity index (χ0v) is 8.27. The summed E-state index contributed by atoms with van der Waals surface area (Å²) < 4.78 is 4.59. The van der Waals surface area contributed by atoms with Crippen molar-refractivity contribution >= 4 is 19.6 Å². The van der Waals surface area contributed by atoms with E-state index in [4.69, 9.17) is 0 Å². The Hall–Kier alpha value is -1.63. The molecule has 2 N–H and O–H groups in total. The molecule has 1 unspecified atom stereocenters. The van der Waals surface area contributed by atoms with Gasteiger partial charge in [0, 0.05) is 18.3 Å². The summed E-state index contributed by atoms with van der Waals surface area (Å²) in [6.07, 6.45) is 4.09. The molecule has 1 radical (unpaired) electrons. The molecule has 0 spiro atoms. The molecule has 15 heavy (non-hydrogen) atoms. The van der Waals surface area contributed by atoms with Gasteiger partial charge in [-0.15, -0.1) is 0 Å². The van der Waals surface area contributed by atoms with Crippen LogP contribution in [-0.4, -0.2) is 42.7 Å². The Morgan fingerprint density at radius 3 is 3.20 bits per heavy atom. The highest BCUT2D eigenvalue weighted by Gasteiger charge is 2.19. The third-order valence-corrected chi connectivity index (χ3v) is 1.83. The number of carbonyl (C=O) groups is 2. The Kier molecular flexibility index (Phi) is 4.56. The van der Waals surface area contributed by atoms with Crippen LogP contribution in [0.1, 0.15) is 5.69 Å². The molecule has 0 aromatic carbocycles. The summed E-state index contributed by atoms with van der Waals surface area (Å²) in [5.41, 5.74) is 0.789. The number of hydrogen-bond acceptors (Lipinski definition) is 5. The number of aromatic amines is 1. The molecule has 1 rings (SSSR count). The monoisotopic (exact) mass is 208 g/mol. The lowest BCUT2D eigenvalue weighted by molar-refractivity contribution is -0.142. The van der Waals surface area contributed by atoms with Crippen molar-refractivity contribution in [3.8, 4) is 0 Å². The van der Waals surface area contributed by atoms with Crippen molar-refractivity contribution in [1.29, 1.82) is 0 Å². The molecular formula is C8H11BN3O3. The van der Waals surface area contributed by atoms with Crippen LogP contribution in [0, 0.1) is 0 Å². The van der Waals surface area contributed by atoms with E-state index in [1.165, 1.54) is 13.4 Å². The second kappa shape index (κ2) is 5.97. The second-order valence-electron chi connectivity index (χ2n) is 2.83. The first-order valence-corrected chi connectivity index (χ1v) is 4.36. The van der Waals surface area contributed by atoms with E-state index in [2.05, 4.69) is 19.9 Å². The number of H-pyrrole nitrogens is 1. The maximum Gasteiger partial charge on any atom is 0.322 e. The minimum atomic E-state index is -0.583. The fourth-order valence-corrected chi connectivity index (χ4v) is 1.12. The summed E-state index contributed by atoms with van der Waals surface area (Å²) in [4.78, 5) is 28.1. The topological polar surface area (TPSA) is 84.1 Å². The van der Waals surface area contributed by atoms with Crippen LogP contribution in [0.5, 0.6) is 0 Å². The maximum absolute atomic E-state index is 11.3.